The monoisotopic (exact) mass is 319 g/mol. The van der Waals surface area contributed by atoms with Crippen molar-refractivity contribution in [2.45, 2.75) is 13.8 Å². The van der Waals surface area contributed by atoms with E-state index in [2.05, 4.69) is 26.2 Å². The Morgan fingerprint density at radius 2 is 2.00 bits per heavy atom. The van der Waals surface area contributed by atoms with Gasteiger partial charge in [-0.25, -0.2) is 4.98 Å². The van der Waals surface area contributed by atoms with Crippen LogP contribution in [0.2, 0.25) is 0 Å². The van der Waals surface area contributed by atoms with Gasteiger partial charge in [0.05, 0.1) is 0 Å². The van der Waals surface area contributed by atoms with Crippen LogP contribution in [-0.2, 0) is 0 Å². The number of halogens is 1. The van der Waals surface area contributed by atoms with Crippen molar-refractivity contribution in [1.82, 2.24) is 4.98 Å². The Morgan fingerprint density at radius 1 is 1.26 bits per heavy atom. The van der Waals surface area contributed by atoms with E-state index in [9.17, 15) is 4.79 Å². The quantitative estimate of drug-likeness (QED) is 0.834. The third kappa shape index (κ3) is 3.12. The number of nitrogen functional groups attached to an aromatic ring is 1. The minimum atomic E-state index is -0.206. The molecule has 1 amide bonds. The summed E-state index contributed by atoms with van der Waals surface area (Å²) in [5.74, 6) is 0.345. The molecule has 98 valence electrons. The normalized spacial score (nSPS) is 10.3. The van der Waals surface area contributed by atoms with Crippen LogP contribution in [-0.4, -0.2) is 10.9 Å². The number of benzene rings is 1. The van der Waals surface area contributed by atoms with E-state index in [-0.39, 0.29) is 5.91 Å². The molecule has 1 aromatic carbocycles. The second-order valence-electron chi connectivity index (χ2n) is 4.35. The van der Waals surface area contributed by atoms with Gasteiger partial charge in [-0.05, 0) is 59.1 Å². The highest BCUT2D eigenvalue weighted by Crippen LogP contribution is 2.19. The lowest BCUT2D eigenvalue weighted by Crippen LogP contribution is -2.15. The number of hydrogen-bond acceptors (Lipinski definition) is 3. The van der Waals surface area contributed by atoms with Crippen LogP contribution >= 0.6 is 15.9 Å². The average Bonchev–Trinajstić information content (AvgIpc) is 2.35. The molecule has 0 saturated carbocycles. The SMILES string of the molecule is Cc1ccc(N)cc1C(=O)Nc1ncc(Br)cc1C. The molecule has 0 aliphatic carbocycles. The third-order valence-corrected chi connectivity index (χ3v) is 3.22. The van der Waals surface area contributed by atoms with Crippen molar-refractivity contribution in [1.29, 1.82) is 0 Å². The molecule has 1 heterocycles. The molecule has 0 aliphatic heterocycles. The standard InChI is InChI=1S/C14H14BrN3O/c1-8-3-4-11(16)6-12(8)14(19)18-13-9(2)5-10(15)7-17-13/h3-7H,16H2,1-2H3,(H,17,18,19). The summed E-state index contributed by atoms with van der Waals surface area (Å²) in [6.07, 6.45) is 1.65. The molecular formula is C14H14BrN3O. The lowest BCUT2D eigenvalue weighted by molar-refractivity contribution is 0.102. The summed E-state index contributed by atoms with van der Waals surface area (Å²) in [6.45, 7) is 3.76. The van der Waals surface area contributed by atoms with E-state index in [1.165, 1.54) is 0 Å². The van der Waals surface area contributed by atoms with Gasteiger partial charge in [0.15, 0.2) is 0 Å². The summed E-state index contributed by atoms with van der Waals surface area (Å²) in [7, 11) is 0. The largest absolute Gasteiger partial charge is 0.399 e. The predicted molar refractivity (Wildman–Crippen MR) is 80.2 cm³/mol. The van der Waals surface area contributed by atoms with Gasteiger partial charge in [0.1, 0.15) is 5.82 Å². The Kier molecular flexibility index (Phi) is 3.85. The fourth-order valence-electron chi connectivity index (χ4n) is 1.73. The van der Waals surface area contributed by atoms with Crippen molar-refractivity contribution in [3.05, 3.63) is 51.6 Å². The van der Waals surface area contributed by atoms with Crippen LogP contribution < -0.4 is 11.1 Å². The van der Waals surface area contributed by atoms with E-state index < -0.39 is 0 Å². The number of nitrogens with zero attached hydrogens (tertiary/aromatic N) is 1. The Balaban J connectivity index is 2.28. The van der Waals surface area contributed by atoms with Gasteiger partial charge >= 0.3 is 0 Å². The maximum atomic E-state index is 12.2. The molecule has 0 saturated heterocycles. The summed E-state index contributed by atoms with van der Waals surface area (Å²) < 4.78 is 0.878. The molecule has 0 radical (unpaired) electrons. The molecule has 2 aromatic rings. The summed E-state index contributed by atoms with van der Waals surface area (Å²) in [5.41, 5.74) is 8.60. The Labute approximate surface area is 120 Å². The average molecular weight is 320 g/mol. The van der Waals surface area contributed by atoms with E-state index in [1.54, 1.807) is 18.3 Å². The maximum Gasteiger partial charge on any atom is 0.257 e. The van der Waals surface area contributed by atoms with Crippen molar-refractivity contribution in [3.63, 3.8) is 0 Å². The molecular weight excluding hydrogens is 306 g/mol. The summed E-state index contributed by atoms with van der Waals surface area (Å²) >= 11 is 3.34. The number of aryl methyl sites for hydroxylation is 2. The van der Waals surface area contributed by atoms with E-state index in [0.717, 1.165) is 15.6 Å². The second kappa shape index (κ2) is 5.40. The maximum absolute atomic E-state index is 12.2. The summed E-state index contributed by atoms with van der Waals surface area (Å²) in [5, 5.41) is 2.80. The number of nitrogens with one attached hydrogen (secondary N) is 1. The van der Waals surface area contributed by atoms with Crippen molar-refractivity contribution in [2.75, 3.05) is 11.1 Å². The first kappa shape index (κ1) is 13.5. The molecule has 0 unspecified atom stereocenters. The molecule has 1 aromatic heterocycles. The van der Waals surface area contributed by atoms with Gasteiger partial charge in [0.25, 0.3) is 5.91 Å². The van der Waals surface area contributed by atoms with Gasteiger partial charge in [0, 0.05) is 21.9 Å². The Morgan fingerprint density at radius 3 is 2.68 bits per heavy atom. The van der Waals surface area contributed by atoms with Gasteiger partial charge in [-0.2, -0.15) is 0 Å². The number of carbonyl (C=O) groups is 1. The number of pyridine rings is 1. The van der Waals surface area contributed by atoms with E-state index in [4.69, 9.17) is 5.73 Å². The first-order chi connectivity index (χ1) is 8.97. The smallest absolute Gasteiger partial charge is 0.257 e. The predicted octanol–water partition coefficient (Wildman–Crippen LogP) is 3.30. The third-order valence-electron chi connectivity index (χ3n) is 2.78. The molecule has 19 heavy (non-hydrogen) atoms. The zero-order chi connectivity index (χ0) is 14.0. The number of rotatable bonds is 2. The van der Waals surface area contributed by atoms with E-state index in [0.29, 0.717) is 17.1 Å². The number of aromatic nitrogens is 1. The lowest BCUT2D eigenvalue weighted by Gasteiger charge is -2.10. The summed E-state index contributed by atoms with van der Waals surface area (Å²) in [4.78, 5) is 16.4. The Bertz CT molecular complexity index is 641. The number of hydrogen-bond donors (Lipinski definition) is 2. The molecule has 5 heteroatoms. The molecule has 0 atom stereocenters. The van der Waals surface area contributed by atoms with Crippen LogP contribution in [0.4, 0.5) is 11.5 Å². The molecule has 0 fully saturated rings. The molecule has 4 nitrogen and oxygen atoms in total. The van der Waals surface area contributed by atoms with Gasteiger partial charge in [0.2, 0.25) is 0 Å². The number of amides is 1. The number of carbonyl (C=O) groups excluding carboxylic acids is 1. The van der Waals surface area contributed by atoms with Crippen molar-refractivity contribution < 1.29 is 4.79 Å². The first-order valence-corrected chi connectivity index (χ1v) is 6.56. The molecule has 0 bridgehead atoms. The minimum absolute atomic E-state index is 0.206. The molecule has 0 spiro atoms. The fourth-order valence-corrected chi connectivity index (χ4v) is 2.18. The van der Waals surface area contributed by atoms with Crippen LogP contribution in [0.25, 0.3) is 0 Å². The number of anilines is 2. The number of nitrogens with two attached hydrogens (primary N) is 1. The van der Waals surface area contributed by atoms with E-state index >= 15 is 0 Å². The van der Waals surface area contributed by atoms with Crippen LogP contribution in [0.5, 0.6) is 0 Å². The van der Waals surface area contributed by atoms with Gasteiger partial charge in [-0.15, -0.1) is 0 Å². The van der Waals surface area contributed by atoms with Gasteiger partial charge < -0.3 is 11.1 Å². The highest BCUT2D eigenvalue weighted by atomic mass is 79.9. The Hall–Kier alpha value is -1.88. The van der Waals surface area contributed by atoms with Gasteiger partial charge in [-0.3, -0.25) is 4.79 Å². The zero-order valence-electron chi connectivity index (χ0n) is 10.7. The highest BCUT2D eigenvalue weighted by molar-refractivity contribution is 9.10. The highest BCUT2D eigenvalue weighted by Gasteiger charge is 2.11. The van der Waals surface area contributed by atoms with Crippen LogP contribution in [0.15, 0.2) is 34.9 Å². The first-order valence-electron chi connectivity index (χ1n) is 5.77. The van der Waals surface area contributed by atoms with Crippen LogP contribution in [0.1, 0.15) is 21.5 Å². The minimum Gasteiger partial charge on any atom is -0.399 e. The van der Waals surface area contributed by atoms with Crippen molar-refractivity contribution in [3.8, 4) is 0 Å². The second-order valence-corrected chi connectivity index (χ2v) is 5.26. The van der Waals surface area contributed by atoms with Crippen molar-refractivity contribution >= 4 is 33.3 Å². The lowest BCUT2D eigenvalue weighted by atomic mass is 10.1. The van der Waals surface area contributed by atoms with Crippen LogP contribution in [0.3, 0.4) is 0 Å². The molecule has 2 rings (SSSR count). The van der Waals surface area contributed by atoms with Gasteiger partial charge in [-0.1, -0.05) is 6.07 Å². The zero-order valence-corrected chi connectivity index (χ0v) is 12.3. The van der Waals surface area contributed by atoms with E-state index in [1.807, 2.05) is 26.0 Å². The molecule has 3 N–H and O–H groups in total. The molecule has 0 aliphatic rings. The summed E-state index contributed by atoms with van der Waals surface area (Å²) in [6, 6.07) is 7.16. The van der Waals surface area contributed by atoms with Crippen LogP contribution in [0, 0.1) is 13.8 Å². The van der Waals surface area contributed by atoms with Crippen molar-refractivity contribution in [2.24, 2.45) is 0 Å². The fraction of sp³-hybridized carbons (Fsp3) is 0.143. The topological polar surface area (TPSA) is 68.0 Å².